The molecule has 0 saturated carbocycles. The van der Waals surface area contributed by atoms with Gasteiger partial charge in [0.25, 0.3) is 0 Å². The number of aromatic amines is 1. The van der Waals surface area contributed by atoms with Crippen LogP contribution < -0.4 is 0 Å². The topological polar surface area (TPSA) is 65.4 Å². The van der Waals surface area contributed by atoms with Crippen molar-refractivity contribution in [1.82, 2.24) is 4.98 Å². The van der Waals surface area contributed by atoms with Gasteiger partial charge in [-0.15, -0.1) is 0 Å². The van der Waals surface area contributed by atoms with Crippen LogP contribution in [0.4, 0.5) is 5.69 Å². The van der Waals surface area contributed by atoms with Gasteiger partial charge in [0.05, 0.1) is 16.8 Å². The Morgan fingerprint density at radius 2 is 1.77 bits per heavy atom. The van der Waals surface area contributed by atoms with Crippen LogP contribution in [-0.2, 0) is 0 Å². The highest BCUT2D eigenvalue weighted by molar-refractivity contribution is 9.10. The quantitative estimate of drug-likeness (QED) is 0.599. The number of benzene rings is 2. The molecule has 3 aromatic rings. The molecule has 0 atom stereocenters. The molecule has 1 aromatic heterocycles. The molecule has 0 amide bonds. The second-order valence-corrected chi connectivity index (χ2v) is 6.82. The monoisotopic (exact) mass is 418 g/mol. The minimum Gasteiger partial charge on any atom is -0.494 e. The van der Waals surface area contributed by atoms with Crippen molar-refractivity contribution in [3.63, 3.8) is 0 Å². The van der Waals surface area contributed by atoms with Gasteiger partial charge < -0.3 is 10.1 Å². The van der Waals surface area contributed by atoms with E-state index in [1.165, 1.54) is 0 Å². The molecule has 0 saturated heterocycles. The third-order valence-electron chi connectivity index (χ3n) is 3.63. The normalized spacial score (nSPS) is 13.5. The van der Waals surface area contributed by atoms with Crippen molar-refractivity contribution in [3.05, 3.63) is 56.5 Å². The van der Waals surface area contributed by atoms with E-state index in [1.54, 1.807) is 18.2 Å². The summed E-state index contributed by atoms with van der Waals surface area (Å²) >= 11 is 6.76. The van der Waals surface area contributed by atoms with Crippen LogP contribution in [0.3, 0.4) is 0 Å². The van der Waals surface area contributed by atoms with E-state index < -0.39 is 0 Å². The van der Waals surface area contributed by atoms with E-state index in [4.69, 9.17) is 0 Å². The summed E-state index contributed by atoms with van der Waals surface area (Å²) in [6, 6.07) is 10.9. The Morgan fingerprint density at radius 1 is 1.05 bits per heavy atom. The van der Waals surface area contributed by atoms with Crippen molar-refractivity contribution in [2.24, 2.45) is 4.99 Å². The van der Waals surface area contributed by atoms with Gasteiger partial charge >= 0.3 is 0 Å². The first-order valence-corrected chi connectivity index (χ1v) is 8.06. The predicted molar refractivity (Wildman–Crippen MR) is 92.3 cm³/mol. The molecule has 1 aliphatic rings. The summed E-state index contributed by atoms with van der Waals surface area (Å²) in [5.74, 6) is -0.228. The van der Waals surface area contributed by atoms with Gasteiger partial charge in [0, 0.05) is 19.9 Å². The lowest BCUT2D eigenvalue weighted by Gasteiger charge is -1.99. The molecule has 108 valence electrons. The third-order valence-corrected chi connectivity index (χ3v) is 4.62. The van der Waals surface area contributed by atoms with E-state index in [0.29, 0.717) is 16.8 Å². The molecule has 0 aliphatic carbocycles. The maximum atomic E-state index is 12.6. The number of nitrogens with one attached hydrogen (secondary N) is 1. The second-order valence-electron chi connectivity index (χ2n) is 4.99. The fourth-order valence-corrected chi connectivity index (χ4v) is 3.36. The van der Waals surface area contributed by atoms with Crippen molar-refractivity contribution < 1.29 is 9.90 Å². The lowest BCUT2D eigenvalue weighted by Crippen LogP contribution is -2.10. The van der Waals surface area contributed by atoms with Crippen molar-refractivity contribution in [2.45, 2.75) is 0 Å². The molecule has 4 rings (SSSR count). The van der Waals surface area contributed by atoms with Crippen molar-refractivity contribution in [2.75, 3.05) is 0 Å². The van der Waals surface area contributed by atoms with Crippen LogP contribution in [0.25, 0.3) is 10.9 Å². The van der Waals surface area contributed by atoms with Crippen LogP contribution in [0.1, 0.15) is 15.9 Å². The predicted octanol–water partition coefficient (Wildman–Crippen LogP) is 4.72. The molecule has 0 bridgehead atoms. The molecule has 6 heteroatoms. The number of halogens is 2. The number of aliphatic imine (C=N–C) groups is 1. The van der Waals surface area contributed by atoms with Crippen LogP contribution in [-0.4, -0.2) is 21.6 Å². The highest BCUT2D eigenvalue weighted by Gasteiger charge is 2.30. The Balaban J connectivity index is 1.96. The minimum absolute atomic E-state index is 0.0490. The first kappa shape index (κ1) is 13.7. The van der Waals surface area contributed by atoms with Crippen LogP contribution in [0.15, 0.2) is 50.3 Å². The zero-order chi connectivity index (χ0) is 15.4. The number of hydrogen-bond acceptors (Lipinski definition) is 3. The number of fused-ring (bicyclic) bond motifs is 2. The molecule has 0 unspecified atom stereocenters. The van der Waals surface area contributed by atoms with E-state index in [-0.39, 0.29) is 17.4 Å². The lowest BCUT2D eigenvalue weighted by atomic mass is 10.0. The Hall–Kier alpha value is -1.92. The molecular formula is C16H8Br2N2O2. The van der Waals surface area contributed by atoms with Gasteiger partial charge in [-0.2, -0.15) is 0 Å². The Bertz CT molecular complexity index is 989. The number of hydrogen-bond donors (Lipinski definition) is 2. The highest BCUT2D eigenvalue weighted by atomic mass is 79.9. The zero-order valence-electron chi connectivity index (χ0n) is 11.0. The summed E-state index contributed by atoms with van der Waals surface area (Å²) < 4.78 is 1.75. The average Bonchev–Trinajstić information content (AvgIpc) is 2.94. The standard InChI is InChI=1S/C16H8Br2N2O2/c17-7-1-3-9-11(5-7)20-16(22)13(9)14-15(21)10-4-2-8(18)6-12(10)19-14/h1-6,20,22H. The summed E-state index contributed by atoms with van der Waals surface area (Å²) in [5.41, 5.74) is 2.61. The van der Waals surface area contributed by atoms with Gasteiger partial charge in [0.15, 0.2) is 5.88 Å². The van der Waals surface area contributed by atoms with E-state index in [2.05, 4.69) is 41.8 Å². The SMILES string of the molecule is O=C1C(c2c(O)[nH]c3cc(Br)ccc23)=Nc2cc(Br)ccc21. The summed E-state index contributed by atoms with van der Waals surface area (Å²) in [6.45, 7) is 0. The molecule has 4 nitrogen and oxygen atoms in total. The number of nitrogens with zero attached hydrogens (tertiary/aromatic N) is 1. The van der Waals surface area contributed by atoms with Crippen molar-refractivity contribution >= 4 is 59.9 Å². The van der Waals surface area contributed by atoms with Crippen LogP contribution in [0, 0.1) is 0 Å². The molecule has 22 heavy (non-hydrogen) atoms. The number of H-pyrrole nitrogens is 1. The summed E-state index contributed by atoms with van der Waals surface area (Å²) in [7, 11) is 0. The summed E-state index contributed by atoms with van der Waals surface area (Å²) in [5, 5.41) is 11.0. The Morgan fingerprint density at radius 3 is 2.59 bits per heavy atom. The number of carbonyl (C=O) groups is 1. The van der Waals surface area contributed by atoms with Gasteiger partial charge in [-0.25, -0.2) is 4.99 Å². The zero-order valence-corrected chi connectivity index (χ0v) is 14.2. The number of carbonyl (C=O) groups excluding carboxylic acids is 1. The maximum Gasteiger partial charge on any atom is 0.214 e. The fourth-order valence-electron chi connectivity index (χ4n) is 2.65. The molecule has 0 spiro atoms. The molecular weight excluding hydrogens is 412 g/mol. The first-order valence-electron chi connectivity index (χ1n) is 6.48. The van der Waals surface area contributed by atoms with E-state index >= 15 is 0 Å². The Kier molecular flexibility index (Phi) is 2.99. The van der Waals surface area contributed by atoms with Gasteiger partial charge in [0.1, 0.15) is 5.71 Å². The summed E-state index contributed by atoms with van der Waals surface area (Å²) in [6.07, 6.45) is 0. The number of aromatic nitrogens is 1. The molecule has 0 fully saturated rings. The smallest absolute Gasteiger partial charge is 0.214 e. The summed E-state index contributed by atoms with van der Waals surface area (Å²) in [4.78, 5) is 19.9. The first-order chi connectivity index (χ1) is 10.5. The van der Waals surface area contributed by atoms with Gasteiger partial charge in [-0.3, -0.25) is 4.79 Å². The third kappa shape index (κ3) is 1.94. The van der Waals surface area contributed by atoms with Crippen LogP contribution in [0.5, 0.6) is 5.88 Å². The highest BCUT2D eigenvalue weighted by Crippen LogP contribution is 2.36. The van der Waals surface area contributed by atoms with Crippen molar-refractivity contribution in [1.29, 1.82) is 0 Å². The largest absolute Gasteiger partial charge is 0.494 e. The van der Waals surface area contributed by atoms with Crippen LogP contribution >= 0.6 is 31.9 Å². The number of ketones is 1. The molecule has 2 N–H and O–H groups in total. The maximum absolute atomic E-state index is 12.6. The Labute approximate surface area is 142 Å². The van der Waals surface area contributed by atoms with Crippen molar-refractivity contribution in [3.8, 4) is 5.88 Å². The molecule has 2 aromatic carbocycles. The van der Waals surface area contributed by atoms with E-state index in [1.807, 2.05) is 18.2 Å². The molecule has 1 aliphatic heterocycles. The van der Waals surface area contributed by atoms with Gasteiger partial charge in [-0.1, -0.05) is 37.9 Å². The van der Waals surface area contributed by atoms with E-state index in [9.17, 15) is 9.90 Å². The number of aromatic hydroxyl groups is 1. The lowest BCUT2D eigenvalue weighted by molar-refractivity contribution is 0.107. The van der Waals surface area contributed by atoms with Crippen LogP contribution in [0.2, 0.25) is 0 Å². The van der Waals surface area contributed by atoms with Gasteiger partial charge in [0.2, 0.25) is 5.78 Å². The number of rotatable bonds is 1. The fraction of sp³-hybridized carbons (Fsp3) is 0. The minimum atomic E-state index is -0.179. The molecule has 2 heterocycles. The second kappa shape index (κ2) is 4.79. The molecule has 0 radical (unpaired) electrons. The number of Topliss-reactive ketones (excluding diaryl/α,β-unsaturated/α-hetero) is 1. The van der Waals surface area contributed by atoms with Gasteiger partial charge in [-0.05, 0) is 30.3 Å². The average molecular weight is 420 g/mol. The van der Waals surface area contributed by atoms with E-state index in [0.717, 1.165) is 19.8 Å².